The van der Waals surface area contributed by atoms with Crippen molar-refractivity contribution in [2.45, 2.75) is 13.0 Å². The van der Waals surface area contributed by atoms with Crippen molar-refractivity contribution in [2.24, 2.45) is 0 Å². The summed E-state index contributed by atoms with van der Waals surface area (Å²) in [6.07, 6.45) is 0.349. The number of hydrogen-bond acceptors (Lipinski definition) is 2. The predicted octanol–water partition coefficient (Wildman–Crippen LogP) is 3.79. The van der Waals surface area contributed by atoms with Gasteiger partial charge in [0.25, 0.3) is 0 Å². The highest BCUT2D eigenvalue weighted by atomic mass is 35.5. The van der Waals surface area contributed by atoms with E-state index >= 15 is 0 Å². The normalized spacial score (nSPS) is 9.86. The van der Waals surface area contributed by atoms with Gasteiger partial charge in [-0.2, -0.15) is 0 Å². The lowest BCUT2D eigenvalue weighted by atomic mass is 10.1. The monoisotopic (exact) mass is 304 g/mol. The molecule has 2 nitrogen and oxygen atoms in total. The SMILES string of the molecule is OCCC#Cc1cc(F)ccc1COc1ccccc1Cl. The summed E-state index contributed by atoms with van der Waals surface area (Å²) in [5.41, 5.74) is 1.32. The average molecular weight is 305 g/mol. The zero-order chi connectivity index (χ0) is 15.1. The lowest BCUT2D eigenvalue weighted by molar-refractivity contribution is 0.305. The van der Waals surface area contributed by atoms with Gasteiger partial charge in [0.2, 0.25) is 0 Å². The maximum Gasteiger partial charge on any atom is 0.138 e. The summed E-state index contributed by atoms with van der Waals surface area (Å²) in [6.45, 7) is 0.223. The van der Waals surface area contributed by atoms with Gasteiger partial charge in [-0.1, -0.05) is 41.6 Å². The van der Waals surface area contributed by atoms with Gasteiger partial charge in [-0.3, -0.25) is 0 Å². The maximum atomic E-state index is 13.3. The topological polar surface area (TPSA) is 29.5 Å². The van der Waals surface area contributed by atoms with Gasteiger partial charge in [0.15, 0.2) is 0 Å². The molecule has 0 atom stereocenters. The highest BCUT2D eigenvalue weighted by Crippen LogP contribution is 2.24. The van der Waals surface area contributed by atoms with Crippen LogP contribution >= 0.6 is 11.6 Å². The Morgan fingerprint density at radius 3 is 2.76 bits per heavy atom. The van der Waals surface area contributed by atoms with Crippen molar-refractivity contribution in [3.8, 4) is 17.6 Å². The Morgan fingerprint density at radius 2 is 2.00 bits per heavy atom. The van der Waals surface area contributed by atoms with Crippen molar-refractivity contribution in [3.05, 3.63) is 64.4 Å². The van der Waals surface area contributed by atoms with Crippen LogP contribution in [-0.4, -0.2) is 11.7 Å². The van der Waals surface area contributed by atoms with Crippen molar-refractivity contribution in [1.29, 1.82) is 0 Å². The quantitative estimate of drug-likeness (QED) is 0.871. The lowest BCUT2D eigenvalue weighted by Crippen LogP contribution is -1.99. The Labute approximate surface area is 128 Å². The lowest BCUT2D eigenvalue weighted by Gasteiger charge is -2.09. The fourth-order valence-corrected chi connectivity index (χ4v) is 1.91. The van der Waals surface area contributed by atoms with E-state index in [1.165, 1.54) is 12.1 Å². The molecule has 0 spiro atoms. The van der Waals surface area contributed by atoms with E-state index in [2.05, 4.69) is 11.8 Å². The predicted molar refractivity (Wildman–Crippen MR) is 80.8 cm³/mol. The first-order valence-corrected chi connectivity index (χ1v) is 6.84. The zero-order valence-electron chi connectivity index (χ0n) is 11.3. The van der Waals surface area contributed by atoms with E-state index in [9.17, 15) is 4.39 Å². The van der Waals surface area contributed by atoms with E-state index in [0.717, 1.165) is 5.56 Å². The second kappa shape index (κ2) is 7.68. The minimum atomic E-state index is -0.357. The molecule has 2 aromatic rings. The molecule has 0 fully saturated rings. The Balaban J connectivity index is 2.16. The molecular formula is C17H14ClFO2. The summed E-state index contributed by atoms with van der Waals surface area (Å²) in [4.78, 5) is 0. The Morgan fingerprint density at radius 1 is 1.19 bits per heavy atom. The van der Waals surface area contributed by atoms with Gasteiger partial charge in [-0.15, -0.1) is 0 Å². The molecule has 4 heteroatoms. The smallest absolute Gasteiger partial charge is 0.138 e. The summed E-state index contributed by atoms with van der Waals surface area (Å²) in [6, 6.07) is 11.5. The molecule has 0 aromatic heterocycles. The van der Waals surface area contributed by atoms with Crippen LogP contribution < -0.4 is 4.74 Å². The van der Waals surface area contributed by atoms with Crippen molar-refractivity contribution in [2.75, 3.05) is 6.61 Å². The van der Waals surface area contributed by atoms with Crippen LogP contribution in [0.2, 0.25) is 5.02 Å². The third-order valence-corrected chi connectivity index (χ3v) is 3.06. The zero-order valence-corrected chi connectivity index (χ0v) is 12.0. The number of halogens is 2. The van der Waals surface area contributed by atoms with Gasteiger partial charge < -0.3 is 9.84 Å². The van der Waals surface area contributed by atoms with E-state index in [1.54, 1.807) is 18.2 Å². The first-order chi connectivity index (χ1) is 10.2. The Bertz CT molecular complexity index is 674. The van der Waals surface area contributed by atoms with Gasteiger partial charge in [0, 0.05) is 17.5 Å². The van der Waals surface area contributed by atoms with Crippen LogP contribution in [0.25, 0.3) is 0 Å². The molecule has 1 N–H and O–H groups in total. The molecule has 0 unspecified atom stereocenters. The Hall–Kier alpha value is -2.02. The van der Waals surface area contributed by atoms with Gasteiger partial charge in [-0.05, 0) is 24.3 Å². The number of benzene rings is 2. The van der Waals surface area contributed by atoms with E-state index < -0.39 is 0 Å². The minimum absolute atomic E-state index is 0.0201. The van der Waals surface area contributed by atoms with E-state index in [0.29, 0.717) is 22.8 Å². The molecule has 0 saturated carbocycles. The van der Waals surface area contributed by atoms with Gasteiger partial charge in [0.1, 0.15) is 18.2 Å². The molecule has 108 valence electrons. The van der Waals surface area contributed by atoms with Crippen LogP contribution in [0.15, 0.2) is 42.5 Å². The molecule has 2 rings (SSSR count). The highest BCUT2D eigenvalue weighted by Gasteiger charge is 2.05. The summed E-state index contributed by atoms with van der Waals surface area (Å²) in [5.74, 6) is 5.83. The van der Waals surface area contributed by atoms with Gasteiger partial charge >= 0.3 is 0 Å². The van der Waals surface area contributed by atoms with Crippen LogP contribution in [0.5, 0.6) is 5.75 Å². The summed E-state index contributed by atoms with van der Waals surface area (Å²) in [7, 11) is 0. The molecule has 0 aliphatic rings. The highest BCUT2D eigenvalue weighted by molar-refractivity contribution is 6.32. The molecule has 0 amide bonds. The first-order valence-electron chi connectivity index (χ1n) is 6.46. The van der Waals surface area contributed by atoms with Crippen LogP contribution in [0.1, 0.15) is 17.5 Å². The second-order valence-corrected chi connectivity index (χ2v) is 4.70. The third kappa shape index (κ3) is 4.49. The van der Waals surface area contributed by atoms with E-state index in [1.807, 2.05) is 12.1 Å². The fraction of sp³-hybridized carbons (Fsp3) is 0.176. The molecule has 0 radical (unpaired) electrons. The fourth-order valence-electron chi connectivity index (χ4n) is 1.72. The second-order valence-electron chi connectivity index (χ2n) is 4.30. The van der Waals surface area contributed by atoms with Crippen LogP contribution in [0, 0.1) is 17.7 Å². The number of ether oxygens (including phenoxy) is 1. The Kier molecular flexibility index (Phi) is 5.62. The van der Waals surface area contributed by atoms with Gasteiger partial charge in [0.05, 0.1) is 11.6 Å². The van der Waals surface area contributed by atoms with Gasteiger partial charge in [-0.25, -0.2) is 4.39 Å². The molecule has 0 heterocycles. The molecule has 0 aliphatic heterocycles. The molecule has 0 aliphatic carbocycles. The average Bonchev–Trinajstić information content (AvgIpc) is 2.48. The molecular weight excluding hydrogens is 291 g/mol. The van der Waals surface area contributed by atoms with Crippen molar-refractivity contribution < 1.29 is 14.2 Å². The molecule has 21 heavy (non-hydrogen) atoms. The standard InChI is InChI=1S/C17H14ClFO2/c18-16-6-1-2-7-17(16)21-12-14-8-9-15(19)11-13(14)5-3-4-10-20/h1-2,6-9,11,20H,4,10,12H2. The number of hydrogen-bond donors (Lipinski definition) is 1. The first kappa shape index (κ1) is 15.4. The third-order valence-electron chi connectivity index (χ3n) is 2.75. The molecule has 2 aromatic carbocycles. The molecule has 0 saturated heterocycles. The number of para-hydroxylation sites is 1. The summed E-state index contributed by atoms with van der Waals surface area (Å²) >= 11 is 6.02. The summed E-state index contributed by atoms with van der Waals surface area (Å²) in [5, 5.41) is 9.26. The molecule has 0 bridgehead atoms. The maximum absolute atomic E-state index is 13.3. The minimum Gasteiger partial charge on any atom is -0.487 e. The number of rotatable bonds is 4. The number of aliphatic hydroxyl groups excluding tert-OH is 1. The van der Waals surface area contributed by atoms with Crippen LogP contribution in [-0.2, 0) is 6.61 Å². The number of aliphatic hydroxyl groups is 1. The summed E-state index contributed by atoms with van der Waals surface area (Å²) < 4.78 is 18.9. The van der Waals surface area contributed by atoms with E-state index in [-0.39, 0.29) is 19.0 Å². The van der Waals surface area contributed by atoms with E-state index in [4.69, 9.17) is 21.4 Å². The largest absolute Gasteiger partial charge is 0.487 e. The van der Waals surface area contributed by atoms with Crippen LogP contribution in [0.3, 0.4) is 0 Å². The van der Waals surface area contributed by atoms with Crippen molar-refractivity contribution in [3.63, 3.8) is 0 Å². The van der Waals surface area contributed by atoms with Crippen LogP contribution in [0.4, 0.5) is 4.39 Å². The van der Waals surface area contributed by atoms with Crippen molar-refractivity contribution in [1.82, 2.24) is 0 Å². The van der Waals surface area contributed by atoms with Crippen molar-refractivity contribution >= 4 is 11.6 Å².